The van der Waals surface area contributed by atoms with Gasteiger partial charge in [0.25, 0.3) is 5.91 Å². The number of aryl methyl sites for hydroxylation is 1. The Bertz CT molecular complexity index is 836. The van der Waals surface area contributed by atoms with E-state index in [0.717, 1.165) is 24.2 Å². The molecule has 0 aliphatic carbocycles. The van der Waals surface area contributed by atoms with Gasteiger partial charge in [0.2, 0.25) is 0 Å². The minimum absolute atomic E-state index is 0.0224. The first-order valence-electron chi connectivity index (χ1n) is 7.97. The second kappa shape index (κ2) is 5.92. The highest BCUT2D eigenvalue weighted by Crippen LogP contribution is 2.28. The number of aromatic amines is 1. The minimum Gasteiger partial charge on any atom is -0.338 e. The molecule has 24 heavy (non-hydrogen) atoms. The van der Waals surface area contributed by atoms with Gasteiger partial charge in [-0.15, -0.1) is 0 Å². The largest absolute Gasteiger partial charge is 0.338 e. The summed E-state index contributed by atoms with van der Waals surface area (Å²) in [6.45, 7) is 3.51. The molecular formula is C17H18N6O. The van der Waals surface area contributed by atoms with E-state index in [4.69, 9.17) is 0 Å². The Morgan fingerprint density at radius 1 is 1.33 bits per heavy atom. The van der Waals surface area contributed by atoms with Gasteiger partial charge in [0.1, 0.15) is 0 Å². The van der Waals surface area contributed by atoms with Crippen molar-refractivity contribution in [1.29, 1.82) is 0 Å². The van der Waals surface area contributed by atoms with Crippen molar-refractivity contribution in [2.75, 3.05) is 13.1 Å². The van der Waals surface area contributed by atoms with E-state index in [0.29, 0.717) is 23.8 Å². The monoisotopic (exact) mass is 322 g/mol. The van der Waals surface area contributed by atoms with Crippen LogP contribution in [0.2, 0.25) is 0 Å². The van der Waals surface area contributed by atoms with E-state index in [1.54, 1.807) is 23.1 Å². The molecule has 1 N–H and O–H groups in total. The molecule has 0 spiro atoms. The van der Waals surface area contributed by atoms with Crippen LogP contribution in [-0.4, -0.2) is 48.9 Å². The van der Waals surface area contributed by atoms with Crippen molar-refractivity contribution in [3.63, 3.8) is 0 Å². The summed E-state index contributed by atoms with van der Waals surface area (Å²) in [6.07, 6.45) is 7.92. The molecule has 1 aliphatic heterocycles. The van der Waals surface area contributed by atoms with Crippen LogP contribution in [0.4, 0.5) is 0 Å². The number of nitrogens with zero attached hydrogens (tertiary/aromatic N) is 5. The topological polar surface area (TPSA) is 79.7 Å². The lowest BCUT2D eigenvalue weighted by molar-refractivity contribution is 0.0790. The standard InChI is InChI=1S/C17H18N6O/c1-12-9-19-21-16(12)14-5-8-22(11-14)17(24)13-3-4-15(18-10-13)23-7-2-6-20-23/h2-4,6-7,9-10,14H,5,8,11H2,1H3,(H,19,21)/t14-/m1/s1. The first kappa shape index (κ1) is 14.6. The zero-order chi connectivity index (χ0) is 16.5. The average molecular weight is 322 g/mol. The number of nitrogens with one attached hydrogen (secondary N) is 1. The lowest BCUT2D eigenvalue weighted by Gasteiger charge is -2.16. The van der Waals surface area contributed by atoms with Gasteiger partial charge < -0.3 is 4.90 Å². The number of carbonyl (C=O) groups is 1. The number of rotatable bonds is 3. The third kappa shape index (κ3) is 2.58. The predicted octanol–water partition coefficient (Wildman–Crippen LogP) is 1.93. The molecule has 1 atom stereocenters. The van der Waals surface area contributed by atoms with E-state index in [2.05, 4.69) is 20.3 Å². The minimum atomic E-state index is 0.0224. The van der Waals surface area contributed by atoms with Crippen LogP contribution >= 0.6 is 0 Å². The quantitative estimate of drug-likeness (QED) is 0.799. The Kier molecular flexibility index (Phi) is 3.60. The molecule has 0 radical (unpaired) electrons. The maximum absolute atomic E-state index is 12.7. The van der Waals surface area contributed by atoms with E-state index in [-0.39, 0.29) is 5.91 Å². The molecule has 122 valence electrons. The maximum Gasteiger partial charge on any atom is 0.255 e. The summed E-state index contributed by atoms with van der Waals surface area (Å²) in [7, 11) is 0. The Morgan fingerprint density at radius 3 is 2.92 bits per heavy atom. The van der Waals surface area contributed by atoms with Crippen LogP contribution in [-0.2, 0) is 0 Å². The lowest BCUT2D eigenvalue weighted by Crippen LogP contribution is -2.28. The van der Waals surface area contributed by atoms with Crippen molar-refractivity contribution in [3.8, 4) is 5.82 Å². The number of hydrogen-bond acceptors (Lipinski definition) is 4. The summed E-state index contributed by atoms with van der Waals surface area (Å²) in [4.78, 5) is 18.9. The molecular weight excluding hydrogens is 304 g/mol. The van der Waals surface area contributed by atoms with Gasteiger partial charge in [-0.3, -0.25) is 9.89 Å². The van der Waals surface area contributed by atoms with E-state index in [1.807, 2.05) is 36.4 Å². The molecule has 0 unspecified atom stereocenters. The summed E-state index contributed by atoms with van der Waals surface area (Å²) in [5.41, 5.74) is 2.89. The summed E-state index contributed by atoms with van der Waals surface area (Å²) in [5, 5.41) is 11.3. The van der Waals surface area contributed by atoms with Gasteiger partial charge >= 0.3 is 0 Å². The van der Waals surface area contributed by atoms with Gasteiger partial charge in [0.05, 0.1) is 11.8 Å². The van der Waals surface area contributed by atoms with Crippen LogP contribution < -0.4 is 0 Å². The van der Waals surface area contributed by atoms with Crippen molar-refractivity contribution in [2.45, 2.75) is 19.3 Å². The first-order chi connectivity index (χ1) is 11.7. The Balaban J connectivity index is 1.47. The second-order valence-corrected chi connectivity index (χ2v) is 6.06. The zero-order valence-corrected chi connectivity index (χ0v) is 13.4. The fourth-order valence-electron chi connectivity index (χ4n) is 3.18. The molecule has 3 aromatic heterocycles. The fraction of sp³-hybridized carbons (Fsp3) is 0.294. The van der Waals surface area contributed by atoms with Gasteiger partial charge in [-0.2, -0.15) is 10.2 Å². The Labute approximate surface area is 139 Å². The number of hydrogen-bond donors (Lipinski definition) is 1. The van der Waals surface area contributed by atoms with Crippen molar-refractivity contribution in [1.82, 2.24) is 29.9 Å². The van der Waals surface area contributed by atoms with E-state index >= 15 is 0 Å². The maximum atomic E-state index is 12.7. The van der Waals surface area contributed by atoms with Gasteiger partial charge in [-0.05, 0) is 37.1 Å². The molecule has 1 aliphatic rings. The molecule has 4 heterocycles. The Hall–Kier alpha value is -2.96. The van der Waals surface area contributed by atoms with Gasteiger partial charge in [0, 0.05) is 43.3 Å². The highest BCUT2D eigenvalue weighted by Gasteiger charge is 2.29. The van der Waals surface area contributed by atoms with Crippen molar-refractivity contribution < 1.29 is 4.79 Å². The average Bonchev–Trinajstić information content (AvgIpc) is 3.35. The molecule has 0 saturated carbocycles. The van der Waals surface area contributed by atoms with Crippen LogP contribution in [0.5, 0.6) is 0 Å². The molecule has 7 heteroatoms. The highest BCUT2D eigenvalue weighted by atomic mass is 16.2. The summed E-state index contributed by atoms with van der Waals surface area (Å²) in [6, 6.07) is 5.45. The molecule has 4 rings (SSSR count). The third-order valence-electron chi connectivity index (χ3n) is 4.49. The van der Waals surface area contributed by atoms with Crippen LogP contribution in [0.25, 0.3) is 5.82 Å². The molecule has 7 nitrogen and oxygen atoms in total. The zero-order valence-electron chi connectivity index (χ0n) is 13.4. The number of aromatic nitrogens is 5. The molecule has 3 aromatic rings. The van der Waals surface area contributed by atoms with Crippen LogP contribution in [0.3, 0.4) is 0 Å². The van der Waals surface area contributed by atoms with Crippen molar-refractivity contribution in [2.24, 2.45) is 0 Å². The molecule has 0 aromatic carbocycles. The van der Waals surface area contributed by atoms with Crippen molar-refractivity contribution >= 4 is 5.91 Å². The summed E-state index contributed by atoms with van der Waals surface area (Å²) >= 11 is 0. The number of carbonyl (C=O) groups excluding carboxylic acids is 1. The molecule has 1 amide bonds. The Morgan fingerprint density at radius 2 is 2.25 bits per heavy atom. The smallest absolute Gasteiger partial charge is 0.255 e. The van der Waals surface area contributed by atoms with E-state index in [9.17, 15) is 4.79 Å². The SMILES string of the molecule is Cc1cn[nH]c1[C@@H]1CCN(C(=O)c2ccc(-n3cccn3)nc2)C1. The normalized spacial score (nSPS) is 17.4. The number of pyridine rings is 1. The first-order valence-corrected chi connectivity index (χ1v) is 7.97. The van der Waals surface area contributed by atoms with Crippen LogP contribution in [0.15, 0.2) is 43.0 Å². The molecule has 1 saturated heterocycles. The molecule has 1 fully saturated rings. The fourth-order valence-corrected chi connectivity index (χ4v) is 3.18. The lowest BCUT2D eigenvalue weighted by atomic mass is 10.0. The number of amides is 1. The number of H-pyrrole nitrogens is 1. The van der Waals surface area contributed by atoms with Crippen molar-refractivity contribution in [3.05, 3.63) is 59.8 Å². The number of likely N-dealkylation sites (tertiary alicyclic amines) is 1. The predicted molar refractivity (Wildman–Crippen MR) is 87.9 cm³/mol. The summed E-state index contributed by atoms with van der Waals surface area (Å²) in [5.74, 6) is 1.05. The third-order valence-corrected chi connectivity index (χ3v) is 4.49. The van der Waals surface area contributed by atoms with Gasteiger partial charge in [-0.1, -0.05) is 0 Å². The van der Waals surface area contributed by atoms with Crippen LogP contribution in [0, 0.1) is 6.92 Å². The van der Waals surface area contributed by atoms with Gasteiger partial charge in [0.15, 0.2) is 5.82 Å². The van der Waals surface area contributed by atoms with E-state index < -0.39 is 0 Å². The summed E-state index contributed by atoms with van der Waals surface area (Å²) < 4.78 is 1.67. The van der Waals surface area contributed by atoms with Crippen LogP contribution in [0.1, 0.15) is 34.0 Å². The second-order valence-electron chi connectivity index (χ2n) is 6.06. The van der Waals surface area contributed by atoms with Gasteiger partial charge in [-0.25, -0.2) is 9.67 Å². The van der Waals surface area contributed by atoms with E-state index in [1.165, 1.54) is 0 Å². The highest BCUT2D eigenvalue weighted by molar-refractivity contribution is 5.94. The molecule has 0 bridgehead atoms.